The largest absolute Gasteiger partial charge is 0.393 e. The topological polar surface area (TPSA) is 20.2 Å². The van der Waals surface area contributed by atoms with Crippen molar-refractivity contribution in [2.24, 2.45) is 0 Å². The van der Waals surface area contributed by atoms with Crippen molar-refractivity contribution < 1.29 is 9.59 Å². The van der Waals surface area contributed by atoms with Crippen LogP contribution in [0.3, 0.4) is 0 Å². The predicted octanol–water partition coefficient (Wildman–Crippen LogP) is 1.53. The number of piperidine rings is 1. The molecule has 2 nitrogen and oxygen atoms in total. The molecule has 1 N–H and O–H groups in total. The van der Waals surface area contributed by atoms with E-state index in [1.54, 1.807) is 0 Å². The smallest absolute Gasteiger partial charge is 0.0919 e. The van der Waals surface area contributed by atoms with Crippen molar-refractivity contribution in [2.75, 3.05) is 7.05 Å². The molecule has 2 rings (SSSR count). The van der Waals surface area contributed by atoms with Crippen LogP contribution in [0.4, 0.5) is 0 Å². The van der Waals surface area contributed by atoms with Crippen LogP contribution in [0.15, 0.2) is 0 Å². The van der Waals surface area contributed by atoms with Crippen LogP contribution in [0.5, 0.6) is 0 Å². The van der Waals surface area contributed by atoms with Gasteiger partial charge in [-0.15, -0.1) is 0 Å². The van der Waals surface area contributed by atoms with Crippen molar-refractivity contribution in [1.29, 1.82) is 0 Å². The monoisotopic (exact) mass is 184 g/mol. The van der Waals surface area contributed by atoms with Gasteiger partial charge in [0.15, 0.2) is 0 Å². The third-order valence-electron chi connectivity index (χ3n) is 4.61. The van der Waals surface area contributed by atoms with E-state index in [1.165, 1.54) is 17.3 Å². The number of nitrogens with zero attached hydrogens (tertiary/aromatic N) is 1. The van der Waals surface area contributed by atoms with E-state index < -0.39 is 0 Å². The molecule has 13 heavy (non-hydrogen) atoms. The molecule has 2 saturated heterocycles. The molecule has 0 aliphatic carbocycles. The summed E-state index contributed by atoms with van der Waals surface area (Å²) >= 11 is 0. The van der Waals surface area contributed by atoms with Gasteiger partial charge in [-0.05, 0) is 13.8 Å². The van der Waals surface area contributed by atoms with Crippen LogP contribution in [-0.4, -0.2) is 40.9 Å². The normalized spacial score (nSPS) is 50.1. The van der Waals surface area contributed by atoms with Gasteiger partial charge in [0.05, 0.1) is 31.3 Å². The van der Waals surface area contributed by atoms with E-state index in [0.29, 0.717) is 6.04 Å². The molecule has 76 valence electrons. The highest BCUT2D eigenvalue weighted by Gasteiger charge is 2.52. The fourth-order valence-electron chi connectivity index (χ4n) is 3.50. The van der Waals surface area contributed by atoms with Gasteiger partial charge in [0.1, 0.15) is 0 Å². The summed E-state index contributed by atoms with van der Waals surface area (Å²) in [6.45, 7) is 4.64. The first-order valence-corrected chi connectivity index (χ1v) is 5.58. The van der Waals surface area contributed by atoms with Gasteiger partial charge in [0.25, 0.3) is 0 Å². The summed E-state index contributed by atoms with van der Waals surface area (Å²) in [6.07, 6.45) is 4.71. The number of aliphatic hydroxyl groups is 1. The summed E-state index contributed by atoms with van der Waals surface area (Å²) in [5, 5.41) is 9.69. The van der Waals surface area contributed by atoms with Gasteiger partial charge in [0.2, 0.25) is 0 Å². The van der Waals surface area contributed by atoms with Gasteiger partial charge in [0, 0.05) is 25.7 Å². The molecule has 0 unspecified atom stereocenters. The first kappa shape index (κ1) is 9.47. The molecule has 0 aromatic heterocycles. The molecule has 2 heteroatoms. The van der Waals surface area contributed by atoms with Gasteiger partial charge in [-0.3, -0.25) is 0 Å². The Morgan fingerprint density at radius 2 is 1.62 bits per heavy atom. The van der Waals surface area contributed by atoms with Crippen molar-refractivity contribution in [3.63, 3.8) is 0 Å². The fourth-order valence-corrected chi connectivity index (χ4v) is 3.50. The minimum absolute atomic E-state index is 0.0116. The lowest BCUT2D eigenvalue weighted by Crippen LogP contribution is -2.62. The Hall–Kier alpha value is -0.0800. The van der Waals surface area contributed by atoms with E-state index in [1.807, 2.05) is 0 Å². The Balaban J connectivity index is 2.23. The lowest BCUT2D eigenvalue weighted by molar-refractivity contribution is -0.968. The molecule has 0 aromatic carbocycles. The van der Waals surface area contributed by atoms with Crippen LogP contribution in [0.1, 0.15) is 39.5 Å². The molecule has 2 aliphatic rings. The molecule has 2 atom stereocenters. The standard InChI is InChI=1S/C11H22NO/c1-8(2)12(3)9-4-5-10(12)7-11(13)6-9/h8-11,13H,4-7H2,1-3H3/q+1/t9-,10-,11?,12?/m0/s1. The lowest BCUT2D eigenvalue weighted by Gasteiger charge is -2.49. The van der Waals surface area contributed by atoms with Crippen LogP contribution in [0.25, 0.3) is 0 Å². The van der Waals surface area contributed by atoms with Gasteiger partial charge in [-0.25, -0.2) is 0 Å². The van der Waals surface area contributed by atoms with E-state index in [0.717, 1.165) is 24.9 Å². The number of hydrogen-bond donors (Lipinski definition) is 1. The maximum Gasteiger partial charge on any atom is 0.0919 e. The second-order valence-electron chi connectivity index (χ2n) is 5.33. The van der Waals surface area contributed by atoms with Gasteiger partial charge >= 0.3 is 0 Å². The highest BCUT2D eigenvalue weighted by Crippen LogP contribution is 2.42. The molecule has 0 spiro atoms. The van der Waals surface area contributed by atoms with Crippen molar-refractivity contribution in [1.82, 2.24) is 0 Å². The van der Waals surface area contributed by atoms with Gasteiger partial charge < -0.3 is 9.59 Å². The zero-order chi connectivity index (χ0) is 9.64. The third-order valence-corrected chi connectivity index (χ3v) is 4.61. The Morgan fingerprint density at radius 1 is 1.15 bits per heavy atom. The van der Waals surface area contributed by atoms with Crippen molar-refractivity contribution in [3.05, 3.63) is 0 Å². The van der Waals surface area contributed by atoms with Crippen LogP contribution < -0.4 is 0 Å². The number of rotatable bonds is 1. The van der Waals surface area contributed by atoms with Crippen LogP contribution >= 0.6 is 0 Å². The van der Waals surface area contributed by atoms with Crippen molar-refractivity contribution in [2.45, 2.75) is 63.8 Å². The van der Waals surface area contributed by atoms with E-state index in [-0.39, 0.29) is 6.10 Å². The second-order valence-corrected chi connectivity index (χ2v) is 5.33. The van der Waals surface area contributed by atoms with Gasteiger partial charge in [-0.1, -0.05) is 0 Å². The molecule has 0 aromatic rings. The van der Waals surface area contributed by atoms with E-state index >= 15 is 0 Å². The fraction of sp³-hybridized carbons (Fsp3) is 1.00. The predicted molar refractivity (Wildman–Crippen MR) is 53.4 cm³/mol. The van der Waals surface area contributed by atoms with Crippen LogP contribution in [0, 0.1) is 0 Å². The van der Waals surface area contributed by atoms with Crippen molar-refractivity contribution in [3.8, 4) is 0 Å². The summed E-state index contributed by atoms with van der Waals surface area (Å²) in [4.78, 5) is 0. The first-order chi connectivity index (χ1) is 6.05. The SMILES string of the molecule is CC(C)[N+]1(C)[C@H]2CC[C@H]1CC(O)C2. The van der Waals surface area contributed by atoms with Gasteiger partial charge in [-0.2, -0.15) is 0 Å². The van der Waals surface area contributed by atoms with E-state index in [9.17, 15) is 5.11 Å². The minimum Gasteiger partial charge on any atom is -0.393 e. The summed E-state index contributed by atoms with van der Waals surface area (Å²) < 4.78 is 1.22. The average molecular weight is 184 g/mol. The highest BCUT2D eigenvalue weighted by atomic mass is 16.3. The highest BCUT2D eigenvalue weighted by molar-refractivity contribution is 4.86. The summed E-state index contributed by atoms with van der Waals surface area (Å²) in [5.41, 5.74) is 0. The van der Waals surface area contributed by atoms with E-state index in [4.69, 9.17) is 0 Å². The Labute approximate surface area is 81.1 Å². The van der Waals surface area contributed by atoms with Crippen LogP contribution in [-0.2, 0) is 0 Å². The zero-order valence-corrected chi connectivity index (χ0v) is 9.03. The molecular formula is C11H22NO+. The molecule has 0 saturated carbocycles. The summed E-state index contributed by atoms with van der Waals surface area (Å²) in [6, 6.07) is 2.17. The number of hydrogen-bond acceptors (Lipinski definition) is 1. The zero-order valence-electron chi connectivity index (χ0n) is 9.03. The molecular weight excluding hydrogens is 162 g/mol. The minimum atomic E-state index is -0.0116. The van der Waals surface area contributed by atoms with Crippen LogP contribution in [0.2, 0.25) is 0 Å². The Morgan fingerprint density at radius 3 is 2.00 bits per heavy atom. The average Bonchev–Trinajstić information content (AvgIpc) is 2.29. The molecule has 2 bridgehead atoms. The number of aliphatic hydroxyl groups excluding tert-OH is 1. The molecule has 2 heterocycles. The van der Waals surface area contributed by atoms with E-state index in [2.05, 4.69) is 20.9 Å². The lowest BCUT2D eigenvalue weighted by atomic mass is 9.95. The van der Waals surface area contributed by atoms with Crippen molar-refractivity contribution >= 4 is 0 Å². The molecule has 0 radical (unpaired) electrons. The second kappa shape index (κ2) is 2.96. The maximum absolute atomic E-state index is 9.69. The maximum atomic E-state index is 9.69. The summed E-state index contributed by atoms with van der Waals surface area (Å²) in [5.74, 6) is 0. The molecule has 0 amide bonds. The first-order valence-electron chi connectivity index (χ1n) is 5.58. The molecule has 2 fully saturated rings. The Kier molecular flexibility index (Phi) is 2.16. The quantitative estimate of drug-likeness (QED) is 0.613. The third kappa shape index (κ3) is 1.23. The number of fused-ring (bicyclic) bond motifs is 2. The number of quaternary nitrogens is 1. The Bertz CT molecular complexity index is 188. The molecule has 2 aliphatic heterocycles. The summed E-state index contributed by atoms with van der Waals surface area (Å²) in [7, 11) is 2.39.